The molecule has 12 heteroatoms. The molecule has 11 nitrogen and oxygen atoms in total. The van der Waals surface area contributed by atoms with Crippen molar-refractivity contribution in [2.45, 2.75) is 56.7 Å². The van der Waals surface area contributed by atoms with Crippen LogP contribution in [0.15, 0.2) is 96.2 Å². The number of fused-ring (bicyclic) bond motifs is 1. The van der Waals surface area contributed by atoms with Gasteiger partial charge in [-0.2, -0.15) is 0 Å². The van der Waals surface area contributed by atoms with E-state index in [1.54, 1.807) is 52.0 Å². The largest absolute Gasteiger partial charge is 0.448 e. The van der Waals surface area contributed by atoms with E-state index in [9.17, 15) is 24.0 Å². The van der Waals surface area contributed by atoms with E-state index < -0.39 is 52.4 Å². The normalized spacial score (nSPS) is 19.0. The Morgan fingerprint density at radius 1 is 0.957 bits per heavy atom. The second kappa shape index (κ2) is 13.3. The molecule has 5 rings (SSSR count). The number of carbonyl (C=O) groups excluding carboxylic acids is 5. The Morgan fingerprint density at radius 2 is 1.53 bits per heavy atom. The van der Waals surface area contributed by atoms with E-state index >= 15 is 0 Å². The summed E-state index contributed by atoms with van der Waals surface area (Å²) in [6, 6.07) is 25.0. The number of hydrogen-bond acceptors (Lipinski definition) is 8. The molecule has 0 unspecified atom stereocenters. The monoisotopic (exact) mass is 656 g/mol. The Morgan fingerprint density at radius 3 is 2.11 bits per heavy atom. The number of carbonyl (C=O) groups is 5. The molecule has 2 aliphatic rings. The van der Waals surface area contributed by atoms with Gasteiger partial charge in [0.15, 0.2) is 6.10 Å². The number of nitrogens with zero attached hydrogens (tertiary/aromatic N) is 1. The van der Waals surface area contributed by atoms with Crippen molar-refractivity contribution in [3.8, 4) is 0 Å². The summed E-state index contributed by atoms with van der Waals surface area (Å²) < 4.78 is 11.3. The maximum atomic E-state index is 13.9. The van der Waals surface area contributed by atoms with Crippen LogP contribution in [0.25, 0.3) is 0 Å². The molecule has 3 aromatic carbocycles. The highest BCUT2D eigenvalue weighted by Crippen LogP contribution is 2.46. The number of benzene rings is 3. The molecule has 2 atom stereocenters. The van der Waals surface area contributed by atoms with Crippen LogP contribution in [0.5, 0.6) is 0 Å². The van der Waals surface area contributed by atoms with Crippen LogP contribution in [0.3, 0.4) is 0 Å². The number of β-lactam (4-membered cyclic amide) rings is 1. The molecular weight excluding hydrogens is 620 g/mol. The van der Waals surface area contributed by atoms with Crippen LogP contribution >= 0.6 is 11.8 Å². The van der Waals surface area contributed by atoms with Gasteiger partial charge in [-0.3, -0.25) is 24.6 Å². The molecule has 4 N–H and O–H groups in total. The van der Waals surface area contributed by atoms with Crippen molar-refractivity contribution in [1.82, 2.24) is 10.2 Å². The molecule has 0 radical (unpaired) electrons. The van der Waals surface area contributed by atoms with Gasteiger partial charge in [-0.25, -0.2) is 9.59 Å². The Bertz CT molecular complexity index is 1700. The van der Waals surface area contributed by atoms with E-state index in [4.69, 9.17) is 15.2 Å². The molecule has 3 aromatic rings. The third-order valence-electron chi connectivity index (χ3n) is 7.63. The number of amides is 4. The van der Waals surface area contributed by atoms with Crippen molar-refractivity contribution in [2.75, 3.05) is 11.1 Å². The van der Waals surface area contributed by atoms with Gasteiger partial charge in [0, 0.05) is 11.4 Å². The number of nitrogens with two attached hydrogens (primary N) is 1. The van der Waals surface area contributed by atoms with Gasteiger partial charge >= 0.3 is 12.1 Å². The number of thioether (sulfide) groups is 1. The third kappa shape index (κ3) is 7.17. The lowest BCUT2D eigenvalue weighted by molar-refractivity contribution is -0.160. The number of nitrogens with one attached hydrogen (secondary N) is 2. The summed E-state index contributed by atoms with van der Waals surface area (Å²) in [6.45, 7) is 6.80. The smallest absolute Gasteiger partial charge is 0.412 e. The highest BCUT2D eigenvalue weighted by molar-refractivity contribution is 8.00. The molecule has 47 heavy (non-hydrogen) atoms. The first kappa shape index (κ1) is 33.3. The van der Waals surface area contributed by atoms with E-state index in [0.29, 0.717) is 22.4 Å². The minimum absolute atomic E-state index is 0.0314. The standard InChI is InChI=1S/C35H36N4O7S/c1-34(2,3)46-33(44)37-25-18-12-11-17-23(25)19-26(40)38-35(4)31(43)39-27(24(29(36)41)20-47-32(35)39)30(42)45-28(21-13-7-5-8-14-21)22-15-9-6-10-16-22/h5-18,28,32H,19-20H2,1-4H3,(H2,36,41)(H,37,44)(H,38,40)/t32-,35+/m0/s1. The van der Waals surface area contributed by atoms with Crippen LogP contribution in [-0.2, 0) is 35.1 Å². The van der Waals surface area contributed by atoms with E-state index in [1.807, 2.05) is 60.7 Å². The minimum Gasteiger partial charge on any atom is -0.448 e. The van der Waals surface area contributed by atoms with Crippen LogP contribution < -0.4 is 16.4 Å². The van der Waals surface area contributed by atoms with Gasteiger partial charge in [-0.1, -0.05) is 78.9 Å². The lowest BCUT2D eigenvalue weighted by Gasteiger charge is -2.55. The summed E-state index contributed by atoms with van der Waals surface area (Å²) in [6.07, 6.45) is -1.64. The van der Waals surface area contributed by atoms with Gasteiger partial charge in [-0.05, 0) is 50.5 Å². The van der Waals surface area contributed by atoms with Crippen molar-refractivity contribution in [3.05, 3.63) is 113 Å². The number of para-hydroxylation sites is 1. The lowest BCUT2D eigenvalue weighted by atomic mass is 9.87. The number of esters is 1. The maximum absolute atomic E-state index is 13.9. The predicted molar refractivity (Wildman–Crippen MR) is 177 cm³/mol. The zero-order valence-corrected chi connectivity index (χ0v) is 27.3. The van der Waals surface area contributed by atoms with E-state index in [0.717, 1.165) is 0 Å². The fourth-order valence-corrected chi connectivity index (χ4v) is 6.93. The molecule has 244 valence electrons. The fraction of sp³-hybridized carbons (Fsp3) is 0.286. The summed E-state index contributed by atoms with van der Waals surface area (Å²) in [5.74, 6) is -2.78. The highest BCUT2D eigenvalue weighted by atomic mass is 32.2. The van der Waals surface area contributed by atoms with Crippen LogP contribution in [-0.4, -0.2) is 57.0 Å². The molecule has 0 spiro atoms. The van der Waals surface area contributed by atoms with Crippen LogP contribution in [0.4, 0.5) is 10.5 Å². The summed E-state index contributed by atoms with van der Waals surface area (Å²) in [7, 11) is 0. The number of primary amides is 1. The summed E-state index contributed by atoms with van der Waals surface area (Å²) in [5.41, 5.74) is 5.58. The highest BCUT2D eigenvalue weighted by Gasteiger charge is 2.63. The van der Waals surface area contributed by atoms with Crippen LogP contribution in [0.1, 0.15) is 50.5 Å². The van der Waals surface area contributed by atoms with E-state index in [-0.39, 0.29) is 23.4 Å². The van der Waals surface area contributed by atoms with Crippen LogP contribution in [0.2, 0.25) is 0 Å². The number of ether oxygens (including phenoxy) is 2. The second-order valence-electron chi connectivity index (χ2n) is 12.3. The Hall–Kier alpha value is -5.10. The molecule has 1 fully saturated rings. The van der Waals surface area contributed by atoms with Crippen molar-refractivity contribution >= 4 is 47.2 Å². The molecule has 0 bridgehead atoms. The maximum Gasteiger partial charge on any atom is 0.412 e. The summed E-state index contributed by atoms with van der Waals surface area (Å²) in [5, 5.41) is 4.77. The van der Waals surface area contributed by atoms with Crippen molar-refractivity contribution in [1.29, 1.82) is 0 Å². The quantitative estimate of drug-likeness (QED) is 0.226. The Balaban J connectivity index is 1.35. The van der Waals surface area contributed by atoms with Crippen LogP contribution in [0, 0.1) is 0 Å². The Labute approximate surface area is 276 Å². The first-order chi connectivity index (χ1) is 22.3. The van der Waals surface area contributed by atoms with Gasteiger partial charge in [0.25, 0.3) is 5.91 Å². The molecule has 0 aliphatic carbocycles. The molecule has 0 aromatic heterocycles. The number of anilines is 1. The molecule has 1 saturated heterocycles. The van der Waals surface area contributed by atoms with Gasteiger partial charge in [0.05, 0.1) is 12.0 Å². The molecular formula is C35H36N4O7S. The third-order valence-corrected chi connectivity index (χ3v) is 9.08. The van der Waals surface area contributed by atoms with Crippen molar-refractivity contribution < 1.29 is 33.4 Å². The van der Waals surface area contributed by atoms with Gasteiger partial charge in [0.2, 0.25) is 11.8 Å². The average Bonchev–Trinajstić information content (AvgIpc) is 3.03. The summed E-state index contributed by atoms with van der Waals surface area (Å²) >= 11 is 1.21. The van der Waals surface area contributed by atoms with Gasteiger partial charge in [0.1, 0.15) is 22.2 Å². The number of hydrogen-bond donors (Lipinski definition) is 3. The average molecular weight is 657 g/mol. The van der Waals surface area contributed by atoms with E-state index in [1.165, 1.54) is 16.7 Å². The first-order valence-corrected chi connectivity index (χ1v) is 16.0. The SMILES string of the molecule is CC(C)(C)OC(=O)Nc1ccccc1CC(=O)N[C@]1(C)C(=O)N2C(C(=O)OC(c3ccccc3)c3ccccc3)=C(C(N)=O)CS[C@H]21. The van der Waals surface area contributed by atoms with Crippen molar-refractivity contribution in [3.63, 3.8) is 0 Å². The molecule has 2 aliphatic heterocycles. The van der Waals surface area contributed by atoms with Gasteiger partial charge < -0.3 is 20.5 Å². The molecule has 4 amide bonds. The fourth-order valence-electron chi connectivity index (χ4n) is 5.48. The minimum atomic E-state index is -1.40. The number of rotatable bonds is 9. The zero-order chi connectivity index (χ0) is 33.9. The lowest BCUT2D eigenvalue weighted by Crippen LogP contribution is -2.78. The Kier molecular flexibility index (Phi) is 9.43. The molecule has 2 heterocycles. The predicted octanol–water partition coefficient (Wildman–Crippen LogP) is 4.44. The summed E-state index contributed by atoms with van der Waals surface area (Å²) in [4.78, 5) is 67.1. The first-order valence-electron chi connectivity index (χ1n) is 15.0. The molecule has 0 saturated carbocycles. The van der Waals surface area contributed by atoms with E-state index in [2.05, 4.69) is 10.6 Å². The second-order valence-corrected chi connectivity index (χ2v) is 13.4. The van der Waals surface area contributed by atoms with Crippen molar-refractivity contribution in [2.24, 2.45) is 5.73 Å². The zero-order valence-electron chi connectivity index (χ0n) is 26.4. The van der Waals surface area contributed by atoms with Gasteiger partial charge in [-0.15, -0.1) is 11.8 Å². The topological polar surface area (TPSA) is 157 Å².